The maximum atomic E-state index is 12.2. The van der Waals surface area contributed by atoms with Crippen LogP contribution in [0.4, 0.5) is 5.69 Å². The number of nitrogens with two attached hydrogens (primary N) is 1. The topological polar surface area (TPSA) is 86.8 Å². The van der Waals surface area contributed by atoms with E-state index < -0.39 is 0 Å². The van der Waals surface area contributed by atoms with Crippen LogP contribution in [-0.2, 0) is 0 Å². The Hall–Kier alpha value is -1.75. The number of aliphatic hydroxyl groups is 1. The number of benzene rings is 1. The van der Waals surface area contributed by atoms with Crippen LogP contribution in [0.15, 0.2) is 18.2 Å². The Morgan fingerprint density at radius 3 is 2.94 bits per heavy atom. The number of phenols is 1. The average Bonchev–Trinajstić information content (AvgIpc) is 2.81. The lowest BCUT2D eigenvalue weighted by molar-refractivity contribution is 0.0784. The highest BCUT2D eigenvalue weighted by Crippen LogP contribution is 2.24. The quantitative estimate of drug-likeness (QED) is 0.547. The largest absolute Gasteiger partial charge is 0.506 e. The van der Waals surface area contributed by atoms with E-state index in [1.807, 2.05) is 0 Å². The van der Waals surface area contributed by atoms with Crippen molar-refractivity contribution in [2.45, 2.75) is 12.8 Å². The van der Waals surface area contributed by atoms with Gasteiger partial charge in [-0.25, -0.2) is 0 Å². The Bertz CT molecular complexity index is 448. The Morgan fingerprint density at radius 1 is 1.50 bits per heavy atom. The van der Waals surface area contributed by atoms with Crippen molar-refractivity contribution >= 4 is 11.6 Å². The average molecular weight is 250 g/mol. The minimum Gasteiger partial charge on any atom is -0.506 e. The van der Waals surface area contributed by atoms with Crippen LogP contribution in [-0.4, -0.2) is 40.7 Å². The molecule has 0 aliphatic carbocycles. The molecule has 0 bridgehead atoms. The first-order chi connectivity index (χ1) is 8.61. The lowest BCUT2D eigenvalue weighted by Crippen LogP contribution is -2.28. The molecule has 1 amide bonds. The lowest BCUT2D eigenvalue weighted by Gasteiger charge is -2.16. The summed E-state index contributed by atoms with van der Waals surface area (Å²) in [4.78, 5) is 13.9. The molecule has 98 valence electrons. The third-order valence-electron chi connectivity index (χ3n) is 3.39. The van der Waals surface area contributed by atoms with Crippen LogP contribution in [0.2, 0.25) is 0 Å². The fraction of sp³-hybridized carbons (Fsp3) is 0.462. The third kappa shape index (κ3) is 2.56. The second-order valence-corrected chi connectivity index (χ2v) is 4.69. The number of anilines is 1. The number of likely N-dealkylation sites (tertiary alicyclic amines) is 1. The molecule has 18 heavy (non-hydrogen) atoms. The zero-order chi connectivity index (χ0) is 13.1. The molecular formula is C13H18N2O3. The summed E-state index contributed by atoms with van der Waals surface area (Å²) < 4.78 is 0. The van der Waals surface area contributed by atoms with Crippen molar-refractivity contribution in [1.82, 2.24) is 4.90 Å². The first kappa shape index (κ1) is 12.7. The summed E-state index contributed by atoms with van der Waals surface area (Å²) in [5.74, 6) is 0.221. The highest BCUT2D eigenvalue weighted by molar-refractivity contribution is 5.95. The van der Waals surface area contributed by atoms with E-state index in [0.29, 0.717) is 24.6 Å². The van der Waals surface area contributed by atoms with E-state index in [4.69, 9.17) is 10.8 Å². The van der Waals surface area contributed by atoms with Gasteiger partial charge in [0.15, 0.2) is 0 Å². The Morgan fingerprint density at radius 2 is 2.28 bits per heavy atom. The first-order valence-electron chi connectivity index (χ1n) is 6.10. The van der Waals surface area contributed by atoms with E-state index in [1.165, 1.54) is 12.1 Å². The number of nitrogen functional groups attached to an aromatic ring is 1. The van der Waals surface area contributed by atoms with Gasteiger partial charge in [0, 0.05) is 25.3 Å². The third-order valence-corrected chi connectivity index (χ3v) is 3.39. The maximum Gasteiger partial charge on any atom is 0.253 e. The molecule has 1 heterocycles. The van der Waals surface area contributed by atoms with Gasteiger partial charge in [-0.05, 0) is 37.0 Å². The highest BCUT2D eigenvalue weighted by Gasteiger charge is 2.26. The zero-order valence-electron chi connectivity index (χ0n) is 10.2. The fourth-order valence-electron chi connectivity index (χ4n) is 2.29. The summed E-state index contributed by atoms with van der Waals surface area (Å²) >= 11 is 0. The number of phenolic OH excluding ortho intramolecular Hbond substituents is 1. The van der Waals surface area contributed by atoms with Crippen LogP contribution in [0.3, 0.4) is 0 Å². The standard InChI is InChI=1S/C13H18N2O3/c14-11-2-1-10(7-12(11)17)13(18)15-5-3-9(8-15)4-6-16/h1-2,7,9,16-17H,3-6,8,14H2. The van der Waals surface area contributed by atoms with Crippen molar-refractivity contribution in [3.63, 3.8) is 0 Å². The number of carbonyl (C=O) groups is 1. The molecule has 1 aromatic rings. The number of amides is 1. The van der Waals surface area contributed by atoms with Gasteiger partial charge in [-0.1, -0.05) is 0 Å². The molecule has 0 radical (unpaired) electrons. The van der Waals surface area contributed by atoms with Crippen LogP contribution in [0.25, 0.3) is 0 Å². The summed E-state index contributed by atoms with van der Waals surface area (Å²) in [6.07, 6.45) is 1.66. The second-order valence-electron chi connectivity index (χ2n) is 4.69. The molecule has 1 fully saturated rings. The van der Waals surface area contributed by atoms with Gasteiger partial charge in [0.05, 0.1) is 5.69 Å². The van der Waals surface area contributed by atoms with Gasteiger partial charge in [0.2, 0.25) is 0 Å². The van der Waals surface area contributed by atoms with Gasteiger partial charge in [-0.2, -0.15) is 0 Å². The van der Waals surface area contributed by atoms with E-state index in [2.05, 4.69) is 0 Å². The Kier molecular flexibility index (Phi) is 3.72. The summed E-state index contributed by atoms with van der Waals surface area (Å²) in [7, 11) is 0. The van der Waals surface area contributed by atoms with Crippen LogP contribution in [0, 0.1) is 5.92 Å². The monoisotopic (exact) mass is 250 g/mol. The maximum absolute atomic E-state index is 12.2. The molecule has 5 heteroatoms. The van der Waals surface area contributed by atoms with Crippen molar-refractivity contribution in [2.24, 2.45) is 5.92 Å². The smallest absolute Gasteiger partial charge is 0.253 e. The predicted molar refractivity (Wildman–Crippen MR) is 68.2 cm³/mol. The van der Waals surface area contributed by atoms with Gasteiger partial charge in [0.25, 0.3) is 5.91 Å². The number of aliphatic hydroxyl groups excluding tert-OH is 1. The summed E-state index contributed by atoms with van der Waals surface area (Å²) in [6, 6.07) is 4.55. The summed E-state index contributed by atoms with van der Waals surface area (Å²) in [6.45, 7) is 1.54. The van der Waals surface area contributed by atoms with Crippen molar-refractivity contribution in [2.75, 3.05) is 25.4 Å². The van der Waals surface area contributed by atoms with Crippen molar-refractivity contribution in [3.05, 3.63) is 23.8 Å². The van der Waals surface area contributed by atoms with E-state index in [-0.39, 0.29) is 24.0 Å². The molecule has 1 aromatic carbocycles. The Balaban J connectivity index is 2.05. The molecule has 1 atom stereocenters. The molecule has 1 unspecified atom stereocenters. The molecule has 0 aromatic heterocycles. The molecule has 4 N–H and O–H groups in total. The fourth-order valence-corrected chi connectivity index (χ4v) is 2.29. The lowest BCUT2D eigenvalue weighted by atomic mass is 10.1. The van der Waals surface area contributed by atoms with Crippen LogP contribution in [0.1, 0.15) is 23.2 Å². The predicted octanol–water partition coefficient (Wildman–Crippen LogP) is 0.819. The molecule has 0 spiro atoms. The van der Waals surface area contributed by atoms with Gasteiger partial charge in [0.1, 0.15) is 5.75 Å². The summed E-state index contributed by atoms with van der Waals surface area (Å²) in [5.41, 5.74) is 6.22. The molecule has 1 aliphatic heterocycles. The first-order valence-corrected chi connectivity index (χ1v) is 6.10. The molecular weight excluding hydrogens is 232 g/mol. The highest BCUT2D eigenvalue weighted by atomic mass is 16.3. The van der Waals surface area contributed by atoms with E-state index in [0.717, 1.165) is 12.8 Å². The van der Waals surface area contributed by atoms with Crippen LogP contribution < -0.4 is 5.73 Å². The molecule has 1 aliphatic rings. The van der Waals surface area contributed by atoms with Gasteiger partial charge in [-0.15, -0.1) is 0 Å². The van der Waals surface area contributed by atoms with Gasteiger partial charge >= 0.3 is 0 Å². The molecule has 0 saturated carbocycles. The molecule has 2 rings (SSSR count). The molecule has 1 saturated heterocycles. The normalized spacial score (nSPS) is 19.2. The second kappa shape index (κ2) is 5.27. The SMILES string of the molecule is Nc1ccc(C(=O)N2CCC(CCO)C2)cc1O. The number of carbonyl (C=O) groups excluding carboxylic acids is 1. The van der Waals surface area contributed by atoms with E-state index in [1.54, 1.807) is 11.0 Å². The van der Waals surface area contributed by atoms with Gasteiger partial charge in [-0.3, -0.25) is 4.79 Å². The van der Waals surface area contributed by atoms with Gasteiger partial charge < -0.3 is 20.8 Å². The van der Waals surface area contributed by atoms with E-state index >= 15 is 0 Å². The number of hydrogen-bond acceptors (Lipinski definition) is 4. The number of hydrogen-bond donors (Lipinski definition) is 3. The Labute approximate surface area is 106 Å². The zero-order valence-corrected chi connectivity index (χ0v) is 10.2. The minimum absolute atomic E-state index is 0.0630. The number of nitrogens with zero attached hydrogens (tertiary/aromatic N) is 1. The number of aromatic hydroxyl groups is 1. The van der Waals surface area contributed by atoms with Crippen molar-refractivity contribution in [1.29, 1.82) is 0 Å². The van der Waals surface area contributed by atoms with Crippen molar-refractivity contribution < 1.29 is 15.0 Å². The van der Waals surface area contributed by atoms with Crippen LogP contribution in [0.5, 0.6) is 5.75 Å². The number of rotatable bonds is 3. The van der Waals surface area contributed by atoms with Crippen molar-refractivity contribution in [3.8, 4) is 5.75 Å². The van der Waals surface area contributed by atoms with E-state index in [9.17, 15) is 9.90 Å². The summed E-state index contributed by atoms with van der Waals surface area (Å²) in [5, 5.41) is 18.4. The van der Waals surface area contributed by atoms with Crippen LogP contribution >= 0.6 is 0 Å². The minimum atomic E-state index is -0.0919. The molecule has 5 nitrogen and oxygen atoms in total.